The molecule has 2 aromatic heterocycles. The van der Waals surface area contributed by atoms with Crippen LogP contribution in [0.4, 0.5) is 0 Å². The number of ether oxygens (including phenoxy) is 1. The third-order valence-electron chi connectivity index (χ3n) is 6.74. The number of aromatic nitrogens is 4. The van der Waals surface area contributed by atoms with E-state index in [0.717, 1.165) is 40.2 Å². The molecule has 9 heteroatoms. The van der Waals surface area contributed by atoms with Crippen LogP contribution in [0.2, 0.25) is 5.02 Å². The van der Waals surface area contributed by atoms with Crippen molar-refractivity contribution in [3.05, 3.63) is 115 Å². The first-order valence-corrected chi connectivity index (χ1v) is 14.0. The van der Waals surface area contributed by atoms with Crippen LogP contribution in [0.5, 0.6) is 5.75 Å². The van der Waals surface area contributed by atoms with E-state index in [-0.39, 0.29) is 11.7 Å². The number of benzene rings is 3. The highest BCUT2D eigenvalue weighted by molar-refractivity contribution is 6.31. The molecule has 0 fully saturated rings. The molecule has 0 aliphatic rings. The molecule has 0 aliphatic carbocycles. The van der Waals surface area contributed by atoms with E-state index in [9.17, 15) is 9.59 Å². The monoisotopic (exact) mass is 570 g/mol. The van der Waals surface area contributed by atoms with Crippen molar-refractivity contribution in [3.8, 4) is 34.0 Å². The van der Waals surface area contributed by atoms with Gasteiger partial charge in [0.25, 0.3) is 5.56 Å². The zero-order valence-corrected chi connectivity index (χ0v) is 24.2. The Balaban J connectivity index is 1.52. The summed E-state index contributed by atoms with van der Waals surface area (Å²) < 4.78 is 12.1. The molecular weight excluding hydrogens is 540 g/mol. The number of aromatic amines is 1. The fraction of sp³-hybridized carbons (Fsp3) is 0.250. The van der Waals surface area contributed by atoms with Gasteiger partial charge in [-0.3, -0.25) is 18.9 Å². The minimum Gasteiger partial charge on any atom is -0.491 e. The van der Waals surface area contributed by atoms with E-state index in [2.05, 4.69) is 17.1 Å². The summed E-state index contributed by atoms with van der Waals surface area (Å²) in [6.07, 6.45) is 1.94. The molecule has 8 nitrogen and oxygen atoms in total. The molecule has 5 rings (SSSR count). The van der Waals surface area contributed by atoms with Crippen LogP contribution in [-0.2, 0) is 12.8 Å². The topological polar surface area (TPSA) is 103 Å². The van der Waals surface area contributed by atoms with Crippen LogP contribution in [0.3, 0.4) is 0 Å². The van der Waals surface area contributed by atoms with E-state index in [1.807, 2.05) is 87.5 Å². The van der Waals surface area contributed by atoms with Crippen molar-refractivity contribution in [2.24, 2.45) is 0 Å². The fourth-order valence-electron chi connectivity index (χ4n) is 4.93. The molecule has 1 N–H and O–H groups in total. The average Bonchev–Trinajstić information content (AvgIpc) is 3.38. The predicted octanol–water partition coefficient (Wildman–Crippen LogP) is 6.54. The van der Waals surface area contributed by atoms with Gasteiger partial charge in [-0.15, -0.1) is 0 Å². The highest BCUT2D eigenvalue weighted by Gasteiger charge is 2.18. The lowest BCUT2D eigenvalue weighted by Gasteiger charge is -2.17. The number of H-pyrrole nitrogens is 1. The molecule has 0 unspecified atom stereocenters. The van der Waals surface area contributed by atoms with E-state index < -0.39 is 5.76 Å². The molecule has 0 amide bonds. The molecule has 41 heavy (non-hydrogen) atoms. The van der Waals surface area contributed by atoms with Crippen LogP contribution in [0, 0.1) is 6.92 Å². The van der Waals surface area contributed by atoms with Gasteiger partial charge in [-0.25, -0.2) is 9.78 Å². The van der Waals surface area contributed by atoms with Crippen molar-refractivity contribution in [1.82, 2.24) is 19.7 Å². The molecule has 0 radical (unpaired) electrons. The Bertz CT molecular complexity index is 1800. The summed E-state index contributed by atoms with van der Waals surface area (Å²) >= 11 is 6.83. The highest BCUT2D eigenvalue weighted by Crippen LogP contribution is 2.33. The first-order valence-electron chi connectivity index (χ1n) is 13.6. The number of hydrogen-bond donors (Lipinski definition) is 1. The number of nitrogens with one attached hydrogen (secondary N) is 1. The van der Waals surface area contributed by atoms with Crippen molar-refractivity contribution < 1.29 is 9.26 Å². The Labute approximate surface area is 242 Å². The quantitative estimate of drug-likeness (QED) is 0.216. The van der Waals surface area contributed by atoms with Gasteiger partial charge < -0.3 is 4.74 Å². The van der Waals surface area contributed by atoms with Gasteiger partial charge in [0.15, 0.2) is 5.82 Å². The highest BCUT2D eigenvalue weighted by atomic mass is 35.5. The van der Waals surface area contributed by atoms with Crippen molar-refractivity contribution in [2.45, 2.75) is 53.1 Å². The Hall–Kier alpha value is -4.43. The van der Waals surface area contributed by atoms with E-state index in [0.29, 0.717) is 40.6 Å². The van der Waals surface area contributed by atoms with Crippen LogP contribution in [0.15, 0.2) is 80.8 Å². The van der Waals surface area contributed by atoms with Gasteiger partial charge in [-0.05, 0) is 74.2 Å². The standard InChI is InChI=1S/C32H31ClN4O4/c1-5-8-29-27(31(38)37(20(4)34-29)23-13-15-24(16-14-23)40-19(2)3)17-22-12-11-21(18-28(22)33)25-9-6-7-10-26(25)30-35-32(39)41-36-30/h6-7,9-16,18-19H,5,8,17H2,1-4H3,(H,35,36,39). The van der Waals surface area contributed by atoms with Gasteiger partial charge in [-0.1, -0.05) is 66.5 Å². The zero-order chi connectivity index (χ0) is 29.1. The Morgan fingerprint density at radius 3 is 2.39 bits per heavy atom. The number of nitrogens with zero attached hydrogens (tertiary/aromatic N) is 3. The number of rotatable bonds is 9. The maximum atomic E-state index is 14.0. The molecule has 0 atom stereocenters. The lowest BCUT2D eigenvalue weighted by Crippen LogP contribution is -2.28. The normalized spacial score (nSPS) is 11.3. The van der Waals surface area contributed by atoms with Crippen LogP contribution in [-0.4, -0.2) is 25.8 Å². The van der Waals surface area contributed by atoms with E-state index in [1.165, 1.54) is 0 Å². The van der Waals surface area contributed by atoms with Gasteiger partial charge in [0.2, 0.25) is 0 Å². The molecule has 3 aromatic carbocycles. The second-order valence-corrected chi connectivity index (χ2v) is 10.5. The number of aryl methyl sites for hydroxylation is 2. The second-order valence-electron chi connectivity index (χ2n) is 10.1. The molecule has 0 aliphatic heterocycles. The SMILES string of the molecule is CCCc1nc(C)n(-c2ccc(OC(C)C)cc2)c(=O)c1Cc1ccc(-c2ccccc2-c2noc(=O)[nH]2)cc1Cl. The van der Waals surface area contributed by atoms with Crippen molar-refractivity contribution in [3.63, 3.8) is 0 Å². The van der Waals surface area contributed by atoms with Gasteiger partial charge in [0.05, 0.1) is 17.5 Å². The second kappa shape index (κ2) is 12.0. The van der Waals surface area contributed by atoms with Gasteiger partial charge in [-0.2, -0.15) is 0 Å². The Morgan fingerprint density at radius 2 is 1.76 bits per heavy atom. The Morgan fingerprint density at radius 1 is 1.02 bits per heavy atom. The molecule has 0 bridgehead atoms. The van der Waals surface area contributed by atoms with Gasteiger partial charge >= 0.3 is 5.76 Å². The molecule has 0 saturated heterocycles. The summed E-state index contributed by atoms with van der Waals surface area (Å²) in [5, 5.41) is 4.36. The minimum absolute atomic E-state index is 0.0582. The maximum Gasteiger partial charge on any atom is 0.439 e. The van der Waals surface area contributed by atoms with Gasteiger partial charge in [0.1, 0.15) is 11.6 Å². The summed E-state index contributed by atoms with van der Waals surface area (Å²) in [6.45, 7) is 7.87. The molecule has 5 aromatic rings. The largest absolute Gasteiger partial charge is 0.491 e. The summed E-state index contributed by atoms with van der Waals surface area (Å²) in [5.74, 6) is 1.09. The van der Waals surface area contributed by atoms with Crippen molar-refractivity contribution in [2.75, 3.05) is 0 Å². The van der Waals surface area contributed by atoms with Crippen LogP contribution >= 0.6 is 11.6 Å². The fourth-order valence-corrected chi connectivity index (χ4v) is 5.17. The third-order valence-corrected chi connectivity index (χ3v) is 7.09. The molecule has 210 valence electrons. The summed E-state index contributed by atoms with van der Waals surface area (Å²) in [5.41, 5.74) is 5.22. The van der Waals surface area contributed by atoms with Crippen LogP contribution in [0.25, 0.3) is 28.2 Å². The Kier molecular flexibility index (Phi) is 8.21. The predicted molar refractivity (Wildman–Crippen MR) is 160 cm³/mol. The summed E-state index contributed by atoms with van der Waals surface area (Å²) in [7, 11) is 0. The first-order chi connectivity index (χ1) is 19.7. The maximum absolute atomic E-state index is 14.0. The smallest absolute Gasteiger partial charge is 0.439 e. The molecule has 0 spiro atoms. The average molecular weight is 571 g/mol. The van der Waals surface area contributed by atoms with E-state index in [4.69, 9.17) is 25.8 Å². The lowest BCUT2D eigenvalue weighted by atomic mass is 9.96. The van der Waals surface area contributed by atoms with E-state index >= 15 is 0 Å². The van der Waals surface area contributed by atoms with Gasteiger partial charge in [0, 0.05) is 22.6 Å². The van der Waals surface area contributed by atoms with Crippen molar-refractivity contribution in [1.29, 1.82) is 0 Å². The first kappa shape index (κ1) is 28.1. The third kappa shape index (κ3) is 6.02. The van der Waals surface area contributed by atoms with E-state index in [1.54, 1.807) is 4.57 Å². The van der Waals surface area contributed by atoms with Crippen LogP contribution < -0.4 is 16.1 Å². The molecule has 2 heterocycles. The van der Waals surface area contributed by atoms with Crippen LogP contribution in [0.1, 0.15) is 49.8 Å². The summed E-state index contributed by atoms with van der Waals surface area (Å²) in [4.78, 5) is 32.9. The molecule has 0 saturated carbocycles. The lowest BCUT2D eigenvalue weighted by molar-refractivity contribution is 0.242. The summed E-state index contributed by atoms with van der Waals surface area (Å²) in [6, 6.07) is 20.7. The van der Waals surface area contributed by atoms with Crippen molar-refractivity contribution >= 4 is 11.6 Å². The number of halogens is 1. The number of hydrogen-bond acceptors (Lipinski definition) is 6. The zero-order valence-electron chi connectivity index (χ0n) is 23.4. The molecular formula is C32H31ClN4O4. The minimum atomic E-state index is -0.622.